The van der Waals surface area contributed by atoms with Gasteiger partial charge in [0.2, 0.25) is 0 Å². The predicted octanol–water partition coefficient (Wildman–Crippen LogP) is 3.61. The first kappa shape index (κ1) is 18.3. The van der Waals surface area contributed by atoms with Crippen LogP contribution in [-0.4, -0.2) is 26.2 Å². The van der Waals surface area contributed by atoms with Gasteiger partial charge in [-0.3, -0.25) is 4.79 Å². The van der Waals surface area contributed by atoms with Crippen LogP contribution in [0.4, 0.5) is 0 Å². The summed E-state index contributed by atoms with van der Waals surface area (Å²) in [6.07, 6.45) is 3.24. The van der Waals surface area contributed by atoms with Gasteiger partial charge < -0.3 is 18.9 Å². The van der Waals surface area contributed by atoms with Crippen molar-refractivity contribution in [3.8, 4) is 17.2 Å². The zero-order chi connectivity index (χ0) is 19.4. The van der Waals surface area contributed by atoms with E-state index in [1.807, 2.05) is 0 Å². The van der Waals surface area contributed by atoms with Crippen molar-refractivity contribution in [1.82, 2.24) is 0 Å². The maximum absolute atomic E-state index is 12.3. The maximum atomic E-state index is 12.3. The van der Waals surface area contributed by atoms with Crippen molar-refractivity contribution in [2.45, 2.75) is 6.92 Å². The van der Waals surface area contributed by atoms with Crippen LogP contribution in [0.3, 0.4) is 0 Å². The smallest absolute Gasteiger partial charge is 0.343 e. The quantitative estimate of drug-likeness (QED) is 0.457. The summed E-state index contributed by atoms with van der Waals surface area (Å²) in [6.45, 7) is 1.30. The van der Waals surface area contributed by atoms with E-state index >= 15 is 0 Å². The first-order valence-corrected chi connectivity index (χ1v) is 8.17. The minimum Gasteiger partial charge on any atom is -0.497 e. The maximum Gasteiger partial charge on any atom is 0.343 e. The molecule has 0 unspecified atom stereocenters. The van der Waals surface area contributed by atoms with Gasteiger partial charge >= 0.3 is 11.9 Å². The molecule has 27 heavy (non-hydrogen) atoms. The Morgan fingerprint density at radius 3 is 2.41 bits per heavy atom. The van der Waals surface area contributed by atoms with Gasteiger partial charge in [0.15, 0.2) is 11.5 Å². The second-order valence-electron chi connectivity index (χ2n) is 5.70. The largest absolute Gasteiger partial charge is 0.497 e. The third-order valence-electron chi connectivity index (χ3n) is 3.89. The molecule has 0 fully saturated rings. The highest BCUT2D eigenvalue weighted by Crippen LogP contribution is 2.35. The van der Waals surface area contributed by atoms with Gasteiger partial charge in [-0.05, 0) is 42.5 Å². The molecule has 3 rings (SSSR count). The predicted molar refractivity (Wildman–Crippen MR) is 99.3 cm³/mol. The van der Waals surface area contributed by atoms with E-state index in [9.17, 15) is 9.59 Å². The lowest BCUT2D eigenvalue weighted by atomic mass is 10.1. The number of hydrogen-bond donors (Lipinski definition) is 0. The molecule has 1 heterocycles. The summed E-state index contributed by atoms with van der Waals surface area (Å²) in [5, 5.41) is 0. The molecule has 1 aliphatic rings. The number of rotatable bonds is 5. The van der Waals surface area contributed by atoms with Crippen LogP contribution >= 0.6 is 0 Å². The monoisotopic (exact) mass is 366 g/mol. The van der Waals surface area contributed by atoms with Gasteiger partial charge in [0.05, 0.1) is 19.8 Å². The van der Waals surface area contributed by atoms with Crippen molar-refractivity contribution in [3.63, 3.8) is 0 Å². The highest BCUT2D eigenvalue weighted by molar-refractivity contribution is 6.05. The molecule has 1 aliphatic heterocycles. The number of para-hydroxylation sites is 1. The molecule has 0 bridgehead atoms. The number of carbonyl (C=O) groups is 2. The molecular weight excluding hydrogens is 348 g/mol. The standard InChI is InChI=1S/C21H18O6/c1-13(22)26-20-15(5-4-6-18(20)25-3)11-16-12-19(27-21(16)23)14-7-9-17(24-2)10-8-14/h4-12H,1-3H3. The Kier molecular flexibility index (Phi) is 5.26. The van der Waals surface area contributed by atoms with E-state index in [1.54, 1.807) is 61.7 Å². The number of carbonyl (C=O) groups excluding carboxylic acids is 2. The fourth-order valence-corrected chi connectivity index (χ4v) is 2.61. The van der Waals surface area contributed by atoms with Crippen molar-refractivity contribution >= 4 is 23.8 Å². The minimum atomic E-state index is -0.489. The van der Waals surface area contributed by atoms with Crippen LogP contribution in [0.5, 0.6) is 17.2 Å². The first-order valence-electron chi connectivity index (χ1n) is 8.17. The topological polar surface area (TPSA) is 71.1 Å². The second kappa shape index (κ2) is 7.78. The number of esters is 2. The van der Waals surface area contributed by atoms with E-state index < -0.39 is 11.9 Å². The van der Waals surface area contributed by atoms with Gasteiger partial charge in [0.25, 0.3) is 0 Å². The average Bonchev–Trinajstić information content (AvgIpc) is 3.03. The zero-order valence-corrected chi connectivity index (χ0v) is 15.1. The number of benzene rings is 2. The Morgan fingerprint density at radius 2 is 1.78 bits per heavy atom. The summed E-state index contributed by atoms with van der Waals surface area (Å²) < 4.78 is 21.0. The van der Waals surface area contributed by atoms with E-state index in [0.717, 1.165) is 5.56 Å². The summed E-state index contributed by atoms with van der Waals surface area (Å²) in [4.78, 5) is 23.7. The Hall–Kier alpha value is -3.54. The highest BCUT2D eigenvalue weighted by atomic mass is 16.6. The molecule has 6 nitrogen and oxygen atoms in total. The number of cyclic esters (lactones) is 1. The minimum absolute atomic E-state index is 0.249. The molecule has 0 aliphatic carbocycles. The van der Waals surface area contributed by atoms with E-state index in [4.69, 9.17) is 18.9 Å². The van der Waals surface area contributed by atoms with Crippen molar-refractivity contribution in [1.29, 1.82) is 0 Å². The Morgan fingerprint density at radius 1 is 1.04 bits per heavy atom. The van der Waals surface area contributed by atoms with Gasteiger partial charge in [-0.15, -0.1) is 0 Å². The molecule has 0 saturated carbocycles. The van der Waals surface area contributed by atoms with Gasteiger partial charge in [-0.2, -0.15) is 0 Å². The van der Waals surface area contributed by atoms with Crippen molar-refractivity contribution < 1.29 is 28.5 Å². The van der Waals surface area contributed by atoms with Crippen molar-refractivity contribution in [3.05, 3.63) is 65.2 Å². The van der Waals surface area contributed by atoms with Crippen molar-refractivity contribution in [2.75, 3.05) is 14.2 Å². The fourth-order valence-electron chi connectivity index (χ4n) is 2.61. The van der Waals surface area contributed by atoms with Gasteiger partial charge in [-0.1, -0.05) is 12.1 Å². The average molecular weight is 366 g/mol. The molecule has 0 atom stereocenters. The summed E-state index contributed by atoms with van der Waals surface area (Å²) in [6, 6.07) is 12.3. The Balaban J connectivity index is 1.98. The molecular formula is C21H18O6. The van der Waals surface area contributed by atoms with Crippen LogP contribution < -0.4 is 14.2 Å². The lowest BCUT2D eigenvalue weighted by Gasteiger charge is -2.10. The van der Waals surface area contributed by atoms with Gasteiger partial charge in [0, 0.05) is 18.1 Å². The van der Waals surface area contributed by atoms with Crippen LogP contribution in [0.2, 0.25) is 0 Å². The second-order valence-corrected chi connectivity index (χ2v) is 5.70. The SMILES string of the molecule is COc1ccc(C2=CC(=Cc3cccc(OC)c3OC(C)=O)C(=O)O2)cc1. The molecule has 138 valence electrons. The Bertz CT molecular complexity index is 938. The summed E-state index contributed by atoms with van der Waals surface area (Å²) in [5.41, 5.74) is 1.62. The van der Waals surface area contributed by atoms with Crippen LogP contribution in [0.1, 0.15) is 18.1 Å². The Labute approximate surface area is 156 Å². The molecule has 0 N–H and O–H groups in total. The molecule has 6 heteroatoms. The van der Waals surface area contributed by atoms with E-state index in [0.29, 0.717) is 28.4 Å². The van der Waals surface area contributed by atoms with E-state index in [2.05, 4.69) is 0 Å². The molecule has 2 aromatic rings. The zero-order valence-electron chi connectivity index (χ0n) is 15.1. The molecule has 0 radical (unpaired) electrons. The van der Waals surface area contributed by atoms with Crippen LogP contribution in [0.25, 0.3) is 11.8 Å². The summed E-state index contributed by atoms with van der Waals surface area (Å²) in [5.74, 6) is 0.817. The van der Waals surface area contributed by atoms with E-state index in [-0.39, 0.29) is 5.75 Å². The molecule has 0 aromatic heterocycles. The van der Waals surface area contributed by atoms with Crippen molar-refractivity contribution in [2.24, 2.45) is 0 Å². The van der Waals surface area contributed by atoms with Gasteiger partial charge in [-0.25, -0.2) is 4.79 Å². The normalized spacial score (nSPS) is 14.6. The van der Waals surface area contributed by atoms with Crippen LogP contribution in [0.15, 0.2) is 54.1 Å². The lowest BCUT2D eigenvalue weighted by molar-refractivity contribution is -0.132. The number of methoxy groups -OCH3 is 2. The molecule has 0 saturated heterocycles. The van der Waals surface area contributed by atoms with Crippen LogP contribution in [0, 0.1) is 0 Å². The number of ether oxygens (including phenoxy) is 4. The number of hydrogen-bond acceptors (Lipinski definition) is 6. The first-order chi connectivity index (χ1) is 13.0. The molecule has 0 amide bonds. The third kappa shape index (κ3) is 4.00. The molecule has 0 spiro atoms. The lowest BCUT2D eigenvalue weighted by Crippen LogP contribution is -2.05. The van der Waals surface area contributed by atoms with E-state index in [1.165, 1.54) is 14.0 Å². The van der Waals surface area contributed by atoms with Gasteiger partial charge in [0.1, 0.15) is 11.5 Å². The fraction of sp³-hybridized carbons (Fsp3) is 0.143. The molecule has 2 aromatic carbocycles. The van der Waals surface area contributed by atoms with Crippen LogP contribution in [-0.2, 0) is 14.3 Å². The summed E-state index contributed by atoms with van der Waals surface area (Å²) >= 11 is 0. The highest BCUT2D eigenvalue weighted by Gasteiger charge is 2.23. The third-order valence-corrected chi connectivity index (χ3v) is 3.89. The summed E-state index contributed by atoms with van der Waals surface area (Å²) in [7, 11) is 3.06.